The molecule has 2 aromatic heterocycles. The molecule has 0 saturated carbocycles. The zero-order chi connectivity index (χ0) is 12.5. The molecule has 0 spiro atoms. The van der Waals surface area contributed by atoms with Gasteiger partial charge >= 0.3 is 0 Å². The van der Waals surface area contributed by atoms with E-state index in [0.717, 1.165) is 12.0 Å². The van der Waals surface area contributed by atoms with Crippen molar-refractivity contribution in [2.24, 2.45) is 0 Å². The second kappa shape index (κ2) is 5.11. The lowest BCUT2D eigenvalue weighted by Crippen LogP contribution is -1.93. The summed E-state index contributed by atoms with van der Waals surface area (Å²) in [4.78, 5) is 1.56. The molecule has 1 atom stereocenters. The Morgan fingerprint density at radius 1 is 1.17 bits per heavy atom. The first-order valence-corrected chi connectivity index (χ1v) is 8.19. The van der Waals surface area contributed by atoms with Crippen LogP contribution in [0.4, 0.5) is 4.39 Å². The highest BCUT2D eigenvalue weighted by Gasteiger charge is 2.13. The summed E-state index contributed by atoms with van der Waals surface area (Å²) in [6.45, 7) is 0. The Balaban J connectivity index is 1.82. The highest BCUT2D eigenvalue weighted by molar-refractivity contribution is 9.09. The Morgan fingerprint density at radius 3 is 2.83 bits per heavy atom. The summed E-state index contributed by atoms with van der Waals surface area (Å²) in [6.07, 6.45) is 0.811. The fourth-order valence-electron chi connectivity index (χ4n) is 1.91. The van der Waals surface area contributed by atoms with Crippen molar-refractivity contribution in [3.63, 3.8) is 0 Å². The monoisotopic (exact) mass is 340 g/mol. The molecule has 0 radical (unpaired) electrons. The number of rotatable bonds is 3. The molecule has 0 aliphatic carbocycles. The molecule has 3 aromatic rings. The molecule has 0 amide bonds. The lowest BCUT2D eigenvalue weighted by atomic mass is 10.1. The van der Waals surface area contributed by atoms with Crippen LogP contribution in [-0.2, 0) is 6.42 Å². The quantitative estimate of drug-likeness (QED) is 0.530. The van der Waals surface area contributed by atoms with Crippen molar-refractivity contribution in [3.05, 3.63) is 58.0 Å². The number of alkyl halides is 1. The second-order valence-corrected chi connectivity index (χ2v) is 7.27. The molecule has 4 heteroatoms. The van der Waals surface area contributed by atoms with Crippen molar-refractivity contribution in [1.29, 1.82) is 0 Å². The van der Waals surface area contributed by atoms with Gasteiger partial charge in [0, 0.05) is 14.3 Å². The first-order chi connectivity index (χ1) is 8.72. The third kappa shape index (κ3) is 2.51. The molecule has 18 heavy (non-hydrogen) atoms. The van der Waals surface area contributed by atoms with Gasteiger partial charge < -0.3 is 0 Å². The summed E-state index contributed by atoms with van der Waals surface area (Å²) < 4.78 is 15.8. The van der Waals surface area contributed by atoms with Crippen molar-refractivity contribution in [1.82, 2.24) is 0 Å². The molecule has 0 bridgehead atoms. The first-order valence-electron chi connectivity index (χ1n) is 5.58. The molecular formula is C14H10BrFS2. The van der Waals surface area contributed by atoms with E-state index in [1.807, 2.05) is 6.07 Å². The maximum Gasteiger partial charge on any atom is 0.123 e. The van der Waals surface area contributed by atoms with Gasteiger partial charge in [0.2, 0.25) is 0 Å². The van der Waals surface area contributed by atoms with Crippen molar-refractivity contribution < 1.29 is 4.39 Å². The predicted molar refractivity (Wildman–Crippen MR) is 81.5 cm³/mol. The Kier molecular flexibility index (Phi) is 3.50. The van der Waals surface area contributed by atoms with Crippen LogP contribution in [-0.4, -0.2) is 0 Å². The third-order valence-electron chi connectivity index (χ3n) is 2.77. The molecule has 3 rings (SSSR count). The molecule has 2 heterocycles. The van der Waals surface area contributed by atoms with E-state index in [-0.39, 0.29) is 10.6 Å². The van der Waals surface area contributed by atoms with Gasteiger partial charge in [-0.15, -0.1) is 22.7 Å². The van der Waals surface area contributed by atoms with Crippen molar-refractivity contribution in [2.45, 2.75) is 11.2 Å². The number of hydrogen-bond donors (Lipinski definition) is 0. The van der Waals surface area contributed by atoms with E-state index < -0.39 is 0 Å². The van der Waals surface area contributed by atoms with Gasteiger partial charge in [0.15, 0.2) is 0 Å². The molecule has 1 unspecified atom stereocenters. The van der Waals surface area contributed by atoms with Crippen LogP contribution in [0.25, 0.3) is 9.40 Å². The van der Waals surface area contributed by atoms with Crippen LogP contribution in [0, 0.1) is 5.82 Å². The van der Waals surface area contributed by atoms with E-state index in [4.69, 9.17) is 0 Å². The molecule has 1 aromatic carbocycles. The van der Waals surface area contributed by atoms with Gasteiger partial charge in [0.1, 0.15) is 5.82 Å². The van der Waals surface area contributed by atoms with Crippen LogP contribution >= 0.6 is 38.6 Å². The van der Waals surface area contributed by atoms with Gasteiger partial charge in [0.25, 0.3) is 0 Å². The van der Waals surface area contributed by atoms with Gasteiger partial charge in [-0.05, 0) is 41.6 Å². The zero-order valence-electron chi connectivity index (χ0n) is 9.40. The fourth-order valence-corrected chi connectivity index (χ4v) is 4.79. The Hall–Kier alpha value is -0.710. The molecule has 92 valence electrons. The average Bonchev–Trinajstić information content (AvgIpc) is 2.88. The minimum Gasteiger partial charge on any atom is -0.207 e. The normalized spacial score (nSPS) is 13.0. The van der Waals surface area contributed by atoms with Gasteiger partial charge in [-0.2, -0.15) is 0 Å². The largest absolute Gasteiger partial charge is 0.207 e. The summed E-state index contributed by atoms with van der Waals surface area (Å²) >= 11 is 7.27. The number of hydrogen-bond acceptors (Lipinski definition) is 2. The van der Waals surface area contributed by atoms with E-state index in [9.17, 15) is 4.39 Å². The number of thiophene rings is 2. The van der Waals surface area contributed by atoms with E-state index in [2.05, 4.69) is 33.4 Å². The summed E-state index contributed by atoms with van der Waals surface area (Å²) in [5.74, 6) is -0.167. The lowest BCUT2D eigenvalue weighted by molar-refractivity contribution is 0.625. The standard InChI is InChI=1S/C14H10BrFS2/c15-11(7-9-2-1-3-10(16)6-9)13-8-14-12(18-13)4-5-17-14/h1-6,8,11H,7H2. The highest BCUT2D eigenvalue weighted by Crippen LogP contribution is 2.38. The molecule has 0 saturated heterocycles. The van der Waals surface area contributed by atoms with Crippen LogP contribution in [0.1, 0.15) is 15.3 Å². The zero-order valence-corrected chi connectivity index (χ0v) is 12.6. The van der Waals surface area contributed by atoms with E-state index in [1.54, 1.807) is 34.8 Å². The lowest BCUT2D eigenvalue weighted by Gasteiger charge is -2.07. The minimum absolute atomic E-state index is 0.167. The van der Waals surface area contributed by atoms with Crippen molar-refractivity contribution in [3.8, 4) is 0 Å². The molecule has 0 nitrogen and oxygen atoms in total. The van der Waals surface area contributed by atoms with Crippen molar-refractivity contribution in [2.75, 3.05) is 0 Å². The summed E-state index contributed by atoms with van der Waals surface area (Å²) in [6, 6.07) is 11.2. The molecule has 0 aliphatic rings. The molecular weight excluding hydrogens is 331 g/mol. The van der Waals surface area contributed by atoms with Gasteiger partial charge in [-0.1, -0.05) is 28.1 Å². The predicted octanol–water partition coefficient (Wildman–Crippen LogP) is 5.78. The van der Waals surface area contributed by atoms with Crippen LogP contribution in [0.2, 0.25) is 0 Å². The molecule has 0 aliphatic heterocycles. The number of halogens is 2. The maximum absolute atomic E-state index is 13.1. The van der Waals surface area contributed by atoms with Gasteiger partial charge in [0.05, 0.1) is 4.83 Å². The van der Waals surface area contributed by atoms with E-state index in [0.29, 0.717) is 0 Å². The third-order valence-corrected chi connectivity index (χ3v) is 6.10. The maximum atomic E-state index is 13.1. The van der Waals surface area contributed by atoms with Gasteiger partial charge in [-0.25, -0.2) is 4.39 Å². The highest BCUT2D eigenvalue weighted by atomic mass is 79.9. The number of fused-ring (bicyclic) bond motifs is 1. The van der Waals surface area contributed by atoms with Gasteiger partial charge in [-0.3, -0.25) is 0 Å². The smallest absolute Gasteiger partial charge is 0.123 e. The summed E-state index contributed by atoms with van der Waals surface area (Å²) in [7, 11) is 0. The van der Waals surface area contributed by atoms with E-state index in [1.165, 1.54) is 20.3 Å². The summed E-state index contributed by atoms with van der Waals surface area (Å²) in [5, 5.41) is 2.11. The first kappa shape index (κ1) is 12.3. The van der Waals surface area contributed by atoms with Crippen LogP contribution in [0.15, 0.2) is 41.8 Å². The topological polar surface area (TPSA) is 0 Å². The number of benzene rings is 1. The van der Waals surface area contributed by atoms with Crippen LogP contribution in [0.5, 0.6) is 0 Å². The summed E-state index contributed by atoms with van der Waals surface area (Å²) in [5.41, 5.74) is 1.02. The van der Waals surface area contributed by atoms with E-state index >= 15 is 0 Å². The second-order valence-electron chi connectivity index (χ2n) is 4.10. The Morgan fingerprint density at radius 2 is 2.06 bits per heavy atom. The Labute approximate surface area is 121 Å². The minimum atomic E-state index is -0.167. The Bertz CT molecular complexity index is 643. The molecule has 0 N–H and O–H groups in total. The fraction of sp³-hybridized carbons (Fsp3) is 0.143. The van der Waals surface area contributed by atoms with Crippen LogP contribution < -0.4 is 0 Å². The van der Waals surface area contributed by atoms with Crippen molar-refractivity contribution >= 4 is 48.0 Å². The van der Waals surface area contributed by atoms with Crippen LogP contribution in [0.3, 0.4) is 0 Å². The SMILES string of the molecule is Fc1cccc(CC(Br)c2cc3sccc3s2)c1. The molecule has 0 fully saturated rings. The average molecular weight is 341 g/mol.